The maximum absolute atomic E-state index is 13.8. The molecule has 13 heteroatoms. The highest BCUT2D eigenvalue weighted by Crippen LogP contribution is 2.11. The highest BCUT2D eigenvalue weighted by Gasteiger charge is 2.33. The molecule has 4 amide bonds. The topological polar surface area (TPSA) is 218 Å². The van der Waals surface area contributed by atoms with E-state index in [1.807, 2.05) is 67.6 Å². The number of nitrogens with two attached hydrogens (primary N) is 2. The lowest BCUT2D eigenvalue weighted by Crippen LogP contribution is -2.58. The molecule has 13 nitrogen and oxygen atoms in total. The number of amides is 4. The summed E-state index contributed by atoms with van der Waals surface area (Å²) in [6.45, 7) is 2.69. The number of carbonyl (C=O) groups excluding carboxylic acids is 4. The van der Waals surface area contributed by atoms with Crippen molar-refractivity contribution in [2.45, 2.75) is 101 Å². The summed E-state index contributed by atoms with van der Waals surface area (Å²) in [4.78, 5) is 65.4. The number of carbonyl (C=O) groups is 5. The molecule has 0 radical (unpaired) electrons. The van der Waals surface area contributed by atoms with Crippen LogP contribution in [0.2, 0.25) is 0 Å². The molecule has 0 bridgehead atoms. The molecule has 1 heterocycles. The van der Waals surface area contributed by atoms with E-state index in [1.165, 1.54) is 0 Å². The van der Waals surface area contributed by atoms with Crippen LogP contribution in [0.4, 0.5) is 0 Å². The van der Waals surface area contributed by atoms with E-state index in [9.17, 15) is 29.1 Å². The van der Waals surface area contributed by atoms with Crippen molar-refractivity contribution in [2.75, 3.05) is 13.1 Å². The largest absolute Gasteiger partial charge is 0.480 e. The van der Waals surface area contributed by atoms with Crippen LogP contribution in [0.5, 0.6) is 0 Å². The van der Waals surface area contributed by atoms with E-state index in [2.05, 4.69) is 26.6 Å². The monoisotopic (exact) mass is 665 g/mol. The Labute approximate surface area is 282 Å². The quantitative estimate of drug-likeness (QED) is 0.0923. The van der Waals surface area contributed by atoms with Crippen LogP contribution in [0.3, 0.4) is 0 Å². The zero-order chi connectivity index (χ0) is 34.9. The highest BCUT2D eigenvalue weighted by molar-refractivity contribution is 5.95. The molecule has 2 aromatic rings. The number of aliphatic carboxylic acids is 1. The van der Waals surface area contributed by atoms with E-state index in [0.29, 0.717) is 45.2 Å². The van der Waals surface area contributed by atoms with Crippen molar-refractivity contribution < 1.29 is 29.1 Å². The van der Waals surface area contributed by atoms with Gasteiger partial charge in [-0.25, -0.2) is 0 Å². The van der Waals surface area contributed by atoms with Crippen LogP contribution in [-0.4, -0.2) is 84.0 Å². The SMILES string of the molecule is CCCC[C@@H](NC(=O)[C@@H](Cc1ccccc1)NC(=O)[C@H](N)Cc1ccccc1)C(=O)N[C@H](CCCCN)C(=O)N[C@@H]1CN[C@H](C(=O)O)C1. The van der Waals surface area contributed by atoms with Gasteiger partial charge >= 0.3 is 5.97 Å². The molecule has 262 valence electrons. The molecule has 1 aliphatic heterocycles. The second-order valence-electron chi connectivity index (χ2n) is 12.3. The minimum absolute atomic E-state index is 0.176. The van der Waals surface area contributed by atoms with Crippen molar-refractivity contribution in [2.24, 2.45) is 11.5 Å². The molecule has 0 saturated carbocycles. The second-order valence-corrected chi connectivity index (χ2v) is 12.3. The number of carboxylic acid groups (broad SMARTS) is 1. The third-order valence-corrected chi connectivity index (χ3v) is 8.39. The lowest BCUT2D eigenvalue weighted by atomic mass is 10.0. The van der Waals surface area contributed by atoms with Crippen molar-refractivity contribution >= 4 is 29.6 Å². The number of carboxylic acids is 1. The van der Waals surface area contributed by atoms with Gasteiger partial charge in [-0.3, -0.25) is 24.0 Å². The fourth-order valence-electron chi connectivity index (χ4n) is 5.62. The first-order valence-corrected chi connectivity index (χ1v) is 16.8. The molecule has 1 saturated heterocycles. The van der Waals surface area contributed by atoms with Gasteiger partial charge in [0, 0.05) is 19.0 Å². The van der Waals surface area contributed by atoms with Crippen LogP contribution in [-0.2, 0) is 36.8 Å². The van der Waals surface area contributed by atoms with Crippen molar-refractivity contribution in [3.8, 4) is 0 Å². The van der Waals surface area contributed by atoms with Crippen LogP contribution < -0.4 is 38.1 Å². The Kier molecular flexibility index (Phi) is 16.0. The zero-order valence-corrected chi connectivity index (χ0v) is 27.7. The van der Waals surface area contributed by atoms with Gasteiger partial charge in [0.05, 0.1) is 6.04 Å². The summed E-state index contributed by atoms with van der Waals surface area (Å²) in [5.41, 5.74) is 13.6. The van der Waals surface area contributed by atoms with E-state index in [-0.39, 0.29) is 19.3 Å². The van der Waals surface area contributed by atoms with Crippen molar-refractivity contribution in [1.29, 1.82) is 0 Å². The molecule has 1 fully saturated rings. The van der Waals surface area contributed by atoms with Gasteiger partial charge in [-0.05, 0) is 56.2 Å². The minimum atomic E-state index is -1.01. The number of hydrogen-bond acceptors (Lipinski definition) is 8. The van der Waals surface area contributed by atoms with Gasteiger partial charge in [-0.1, -0.05) is 80.4 Å². The Hall–Kier alpha value is -4.33. The summed E-state index contributed by atoms with van der Waals surface area (Å²) >= 11 is 0. The third kappa shape index (κ3) is 12.7. The first-order chi connectivity index (χ1) is 23.1. The predicted molar refractivity (Wildman–Crippen MR) is 182 cm³/mol. The summed E-state index contributed by atoms with van der Waals surface area (Å²) in [5.74, 6) is -2.98. The summed E-state index contributed by atoms with van der Waals surface area (Å²) in [6.07, 6.45) is 3.94. The van der Waals surface area contributed by atoms with Gasteiger partial charge in [0.25, 0.3) is 0 Å². The molecule has 0 spiro atoms. The van der Waals surface area contributed by atoms with E-state index < -0.39 is 65.8 Å². The Morgan fingerprint density at radius 1 is 0.771 bits per heavy atom. The highest BCUT2D eigenvalue weighted by atomic mass is 16.4. The Morgan fingerprint density at radius 2 is 1.31 bits per heavy atom. The van der Waals surface area contributed by atoms with Gasteiger partial charge in [0.2, 0.25) is 23.6 Å². The lowest BCUT2D eigenvalue weighted by Gasteiger charge is -2.26. The molecular formula is C35H51N7O6. The Bertz CT molecular complexity index is 1330. The average molecular weight is 666 g/mol. The fraction of sp³-hybridized carbons (Fsp3) is 0.514. The van der Waals surface area contributed by atoms with Crippen LogP contribution in [0.15, 0.2) is 60.7 Å². The van der Waals surface area contributed by atoms with Gasteiger partial charge in [0.15, 0.2) is 0 Å². The fourth-order valence-corrected chi connectivity index (χ4v) is 5.62. The summed E-state index contributed by atoms with van der Waals surface area (Å²) in [5, 5.41) is 23.5. The number of unbranched alkanes of at least 4 members (excludes halogenated alkanes) is 2. The van der Waals surface area contributed by atoms with Gasteiger partial charge < -0.3 is 43.2 Å². The van der Waals surface area contributed by atoms with Crippen molar-refractivity contribution in [1.82, 2.24) is 26.6 Å². The van der Waals surface area contributed by atoms with E-state index in [1.54, 1.807) is 0 Å². The molecule has 6 atom stereocenters. The van der Waals surface area contributed by atoms with Crippen LogP contribution in [0.25, 0.3) is 0 Å². The first-order valence-electron chi connectivity index (χ1n) is 16.8. The standard InChI is InChI=1S/C35H51N7O6/c1-2-3-16-27(33(45)40-28(17-10-11-18-36)32(44)39-25-21-30(35(47)48)38-22-25)41-34(46)29(20-24-14-8-5-9-15-24)42-31(43)26(37)19-23-12-6-4-7-13-23/h4-9,12-15,25-30,38H,2-3,10-11,16-22,36-37H2,1H3,(H,39,44)(H,40,45)(H,41,46)(H,42,43)(H,47,48)/t25-,26+,27+,28+,29+,30-/m0/s1. The van der Waals surface area contributed by atoms with Gasteiger partial charge in [0.1, 0.15) is 24.2 Å². The minimum Gasteiger partial charge on any atom is -0.480 e. The second kappa shape index (κ2) is 20.1. The molecule has 1 aliphatic rings. The molecule has 10 N–H and O–H groups in total. The van der Waals surface area contributed by atoms with Crippen LogP contribution in [0.1, 0.15) is 63.0 Å². The number of rotatable bonds is 20. The average Bonchev–Trinajstić information content (AvgIpc) is 3.55. The molecule has 0 unspecified atom stereocenters. The Morgan fingerprint density at radius 3 is 1.88 bits per heavy atom. The summed E-state index contributed by atoms with van der Waals surface area (Å²) < 4.78 is 0. The summed E-state index contributed by atoms with van der Waals surface area (Å²) in [6, 6.07) is 13.6. The molecular weight excluding hydrogens is 614 g/mol. The molecule has 2 aromatic carbocycles. The lowest BCUT2D eigenvalue weighted by molar-refractivity contribution is -0.139. The van der Waals surface area contributed by atoms with E-state index in [0.717, 1.165) is 17.5 Å². The maximum atomic E-state index is 13.8. The van der Waals surface area contributed by atoms with Crippen molar-refractivity contribution in [3.63, 3.8) is 0 Å². The van der Waals surface area contributed by atoms with Crippen molar-refractivity contribution in [3.05, 3.63) is 71.8 Å². The van der Waals surface area contributed by atoms with E-state index in [4.69, 9.17) is 11.5 Å². The van der Waals surface area contributed by atoms with Crippen LogP contribution in [0, 0.1) is 0 Å². The normalized spacial score (nSPS) is 18.1. The molecule has 3 rings (SSSR count). The molecule has 0 aliphatic carbocycles. The zero-order valence-electron chi connectivity index (χ0n) is 27.7. The predicted octanol–water partition coefficient (Wildman–Crippen LogP) is 0.504. The van der Waals surface area contributed by atoms with Gasteiger partial charge in [-0.15, -0.1) is 0 Å². The maximum Gasteiger partial charge on any atom is 0.320 e. The van der Waals surface area contributed by atoms with Crippen LogP contribution >= 0.6 is 0 Å². The smallest absolute Gasteiger partial charge is 0.320 e. The number of hydrogen-bond donors (Lipinski definition) is 8. The first kappa shape index (κ1) is 38.1. The third-order valence-electron chi connectivity index (χ3n) is 8.39. The van der Waals surface area contributed by atoms with E-state index >= 15 is 0 Å². The Balaban J connectivity index is 1.73. The number of benzene rings is 2. The summed E-state index contributed by atoms with van der Waals surface area (Å²) in [7, 11) is 0. The van der Waals surface area contributed by atoms with Gasteiger partial charge in [-0.2, -0.15) is 0 Å². The number of nitrogens with one attached hydrogen (secondary N) is 5. The molecule has 0 aromatic heterocycles. The molecule has 48 heavy (non-hydrogen) atoms.